The third-order valence-corrected chi connectivity index (χ3v) is 8.20. The van der Waals surface area contributed by atoms with Crippen LogP contribution in [0.15, 0.2) is 99.7 Å². The maximum Gasteiger partial charge on any atom is 0.338 e. The highest BCUT2D eigenvalue weighted by Crippen LogP contribution is 2.35. The minimum absolute atomic E-state index is 0.221. The Kier molecular flexibility index (Phi) is 11.1. The second-order valence-electron chi connectivity index (χ2n) is 10.4. The maximum absolute atomic E-state index is 12.8. The van der Waals surface area contributed by atoms with Crippen molar-refractivity contribution in [2.45, 2.75) is 26.5 Å². The summed E-state index contributed by atoms with van der Waals surface area (Å²) in [4.78, 5) is 25.5. The summed E-state index contributed by atoms with van der Waals surface area (Å²) in [5.41, 5.74) is 5.77. The third-order valence-electron chi connectivity index (χ3n) is 7.29. The van der Waals surface area contributed by atoms with Crippen LogP contribution in [0.1, 0.15) is 36.6 Å². The second kappa shape index (κ2) is 15.6. The first kappa shape index (κ1) is 33.4. The number of amides is 1. The normalized spacial score (nSPS) is 14.4. The molecule has 1 atom stereocenters. The van der Waals surface area contributed by atoms with Crippen LogP contribution < -0.4 is 30.3 Å². The van der Waals surface area contributed by atoms with Gasteiger partial charge in [0.25, 0.3) is 5.91 Å². The third kappa shape index (κ3) is 8.08. The Bertz CT molecular complexity index is 1870. The Morgan fingerprint density at radius 3 is 2.57 bits per heavy atom. The van der Waals surface area contributed by atoms with Crippen LogP contribution in [-0.4, -0.2) is 43.5 Å². The summed E-state index contributed by atoms with van der Waals surface area (Å²) >= 11 is 8.90. The molecule has 47 heavy (non-hydrogen) atoms. The molecule has 12 heteroatoms. The zero-order valence-electron chi connectivity index (χ0n) is 26.0. The van der Waals surface area contributed by atoms with Gasteiger partial charge in [0.1, 0.15) is 12.4 Å². The Morgan fingerprint density at radius 2 is 1.77 bits per heavy atom. The molecule has 242 valence electrons. The summed E-state index contributed by atoms with van der Waals surface area (Å²) in [6.07, 6.45) is 1.49. The van der Waals surface area contributed by atoms with Gasteiger partial charge in [0.05, 0.1) is 31.5 Å². The molecule has 10 nitrogen and oxygen atoms in total. The van der Waals surface area contributed by atoms with Gasteiger partial charge in [0.2, 0.25) is 0 Å². The second-order valence-corrected chi connectivity index (χ2v) is 11.6. The number of para-hydroxylation sites is 1. The first-order valence-corrected chi connectivity index (χ1v) is 15.9. The highest BCUT2D eigenvalue weighted by Gasteiger charge is 2.32. The standard InChI is InChI=1S/C35H33BrN4O6S/c1-4-44-34(42)32-21(2)38-35(47)39-33(32)26-14-7-8-15-28(26)46-20-31(41)40-37-18-24-16-29(43-3)30(17-27(24)36)45-19-23-12-9-11-22-10-5-6-13-25(22)23/h5-18,33H,4,19-20H2,1-3H3,(H,40,41)(H2,38,39,47)/t33-/m1/s1. The molecule has 3 N–H and O–H groups in total. The minimum Gasteiger partial charge on any atom is -0.493 e. The number of fused-ring (bicyclic) bond motifs is 1. The number of hydrogen-bond donors (Lipinski definition) is 3. The molecule has 0 radical (unpaired) electrons. The lowest BCUT2D eigenvalue weighted by molar-refractivity contribution is -0.139. The van der Waals surface area contributed by atoms with Crippen molar-refractivity contribution in [3.8, 4) is 17.2 Å². The summed E-state index contributed by atoms with van der Waals surface area (Å²) < 4.78 is 23.6. The van der Waals surface area contributed by atoms with Crippen LogP contribution in [0.3, 0.4) is 0 Å². The largest absolute Gasteiger partial charge is 0.493 e. The molecule has 4 aromatic carbocycles. The fourth-order valence-corrected chi connectivity index (χ4v) is 5.80. The van der Waals surface area contributed by atoms with Crippen molar-refractivity contribution in [3.05, 3.63) is 111 Å². The lowest BCUT2D eigenvalue weighted by atomic mass is 9.95. The van der Waals surface area contributed by atoms with Crippen LogP contribution in [0.25, 0.3) is 10.8 Å². The van der Waals surface area contributed by atoms with Gasteiger partial charge in [0, 0.05) is 21.3 Å². The number of rotatable bonds is 12. The van der Waals surface area contributed by atoms with Crippen LogP contribution in [0, 0.1) is 0 Å². The van der Waals surface area contributed by atoms with Gasteiger partial charge in [-0.25, -0.2) is 10.2 Å². The molecular weight excluding hydrogens is 684 g/mol. The van der Waals surface area contributed by atoms with Crippen LogP contribution in [-0.2, 0) is 20.9 Å². The van der Waals surface area contributed by atoms with E-state index in [2.05, 4.69) is 55.3 Å². The van der Waals surface area contributed by atoms with E-state index in [1.54, 1.807) is 51.3 Å². The number of hydrogen-bond acceptors (Lipinski definition) is 8. The first-order chi connectivity index (χ1) is 22.8. The smallest absolute Gasteiger partial charge is 0.338 e. The number of carbonyl (C=O) groups is 2. The van der Waals surface area contributed by atoms with E-state index in [0.717, 1.165) is 16.3 Å². The number of hydrazone groups is 1. The molecular formula is C35H33BrN4O6S. The van der Waals surface area contributed by atoms with Gasteiger partial charge in [-0.2, -0.15) is 5.10 Å². The molecule has 1 aliphatic heterocycles. The lowest BCUT2D eigenvalue weighted by Gasteiger charge is -2.30. The molecule has 1 aliphatic rings. The molecule has 0 spiro atoms. The van der Waals surface area contributed by atoms with Gasteiger partial charge >= 0.3 is 5.97 Å². The van der Waals surface area contributed by atoms with Crippen LogP contribution in [0.2, 0.25) is 0 Å². The number of methoxy groups -OCH3 is 1. The van der Waals surface area contributed by atoms with Gasteiger partial charge in [0.15, 0.2) is 23.2 Å². The van der Waals surface area contributed by atoms with Crippen molar-refractivity contribution < 1.29 is 28.5 Å². The number of ether oxygens (including phenoxy) is 4. The number of allylic oxidation sites excluding steroid dienone is 1. The molecule has 0 fully saturated rings. The topological polar surface area (TPSA) is 120 Å². The van der Waals surface area contributed by atoms with Crippen molar-refractivity contribution in [2.24, 2.45) is 5.10 Å². The van der Waals surface area contributed by atoms with E-state index in [1.807, 2.05) is 30.3 Å². The highest BCUT2D eigenvalue weighted by atomic mass is 79.9. The van der Waals surface area contributed by atoms with Crippen LogP contribution in [0.5, 0.6) is 17.2 Å². The molecule has 0 saturated carbocycles. The summed E-state index contributed by atoms with van der Waals surface area (Å²) in [7, 11) is 1.56. The average molecular weight is 718 g/mol. The average Bonchev–Trinajstić information content (AvgIpc) is 3.07. The van der Waals surface area contributed by atoms with E-state index in [9.17, 15) is 9.59 Å². The lowest BCUT2D eigenvalue weighted by Crippen LogP contribution is -2.45. The van der Waals surface area contributed by atoms with E-state index >= 15 is 0 Å². The van der Waals surface area contributed by atoms with Gasteiger partial charge in [-0.1, -0.05) is 60.7 Å². The Labute approximate surface area is 286 Å². The molecule has 1 heterocycles. The molecule has 0 saturated heterocycles. The van der Waals surface area contributed by atoms with Gasteiger partial charge < -0.3 is 29.6 Å². The molecule has 0 bridgehead atoms. The minimum atomic E-state index is -0.633. The maximum atomic E-state index is 12.8. The number of nitrogens with one attached hydrogen (secondary N) is 3. The molecule has 0 aromatic heterocycles. The van der Waals surface area contributed by atoms with E-state index < -0.39 is 17.9 Å². The van der Waals surface area contributed by atoms with Gasteiger partial charge in [-0.15, -0.1) is 0 Å². The van der Waals surface area contributed by atoms with E-state index in [4.69, 9.17) is 31.2 Å². The van der Waals surface area contributed by atoms with Crippen molar-refractivity contribution in [3.63, 3.8) is 0 Å². The van der Waals surface area contributed by atoms with Crippen LogP contribution in [0.4, 0.5) is 0 Å². The number of benzene rings is 4. The number of halogens is 1. The number of thiocarbonyl (C=S) groups is 1. The summed E-state index contributed by atoms with van der Waals surface area (Å²) in [6.45, 7) is 3.74. The van der Waals surface area contributed by atoms with E-state index in [0.29, 0.717) is 55.8 Å². The summed E-state index contributed by atoms with van der Waals surface area (Å²) in [6, 6.07) is 24.3. The highest BCUT2D eigenvalue weighted by molar-refractivity contribution is 9.10. The molecule has 5 rings (SSSR count). The van der Waals surface area contributed by atoms with Crippen molar-refractivity contribution in [1.82, 2.24) is 16.1 Å². The number of nitrogens with zero attached hydrogens (tertiary/aromatic N) is 1. The Morgan fingerprint density at radius 1 is 1.00 bits per heavy atom. The van der Waals surface area contributed by atoms with Gasteiger partial charge in [-0.3, -0.25) is 4.79 Å². The van der Waals surface area contributed by atoms with Crippen molar-refractivity contribution >= 4 is 62.1 Å². The monoisotopic (exact) mass is 716 g/mol. The number of carbonyl (C=O) groups excluding carboxylic acids is 2. The van der Waals surface area contributed by atoms with Crippen LogP contribution >= 0.6 is 28.1 Å². The zero-order valence-corrected chi connectivity index (χ0v) is 28.4. The fraction of sp³-hybridized carbons (Fsp3) is 0.200. The first-order valence-electron chi connectivity index (χ1n) is 14.7. The fourth-order valence-electron chi connectivity index (χ4n) is 5.10. The predicted molar refractivity (Wildman–Crippen MR) is 188 cm³/mol. The molecule has 1 amide bonds. The van der Waals surface area contributed by atoms with E-state index in [-0.39, 0.29) is 13.2 Å². The van der Waals surface area contributed by atoms with Gasteiger partial charge in [-0.05, 0) is 76.5 Å². The Hall–Kier alpha value is -4.94. The SMILES string of the molecule is CCOC(=O)C1=C(C)NC(=S)N[C@@H]1c1ccccc1OCC(=O)NN=Cc1cc(OC)c(OCc2cccc3ccccc23)cc1Br. The molecule has 0 aliphatic carbocycles. The number of esters is 1. The molecule has 4 aromatic rings. The van der Waals surface area contributed by atoms with E-state index in [1.165, 1.54) is 6.21 Å². The quantitative estimate of drug-likeness (QED) is 0.0694. The molecule has 0 unspecified atom stereocenters. The zero-order chi connectivity index (χ0) is 33.3. The van der Waals surface area contributed by atoms with Crippen molar-refractivity contribution in [1.29, 1.82) is 0 Å². The summed E-state index contributed by atoms with van der Waals surface area (Å²) in [5.74, 6) is 0.501. The Balaban J connectivity index is 1.22. The summed E-state index contributed by atoms with van der Waals surface area (Å²) in [5, 5.41) is 12.8. The van der Waals surface area contributed by atoms with Crippen molar-refractivity contribution in [2.75, 3.05) is 20.3 Å². The predicted octanol–water partition coefficient (Wildman–Crippen LogP) is 6.07.